The number of rotatable bonds is 7. The molecule has 1 amide bonds. The molecular weight excluding hydrogens is 250 g/mol. The second-order valence-electron chi connectivity index (χ2n) is 6.13. The SMILES string of the molecule is COCC1(CNC(=O)CCc2ccc(C)c(C)c2)CC1. The summed E-state index contributed by atoms with van der Waals surface area (Å²) in [5, 5.41) is 3.05. The number of ether oxygens (including phenoxy) is 1. The summed E-state index contributed by atoms with van der Waals surface area (Å²) in [6.07, 6.45) is 3.70. The van der Waals surface area contributed by atoms with E-state index in [-0.39, 0.29) is 11.3 Å². The molecule has 20 heavy (non-hydrogen) atoms. The number of hydrogen-bond donors (Lipinski definition) is 1. The van der Waals surface area contributed by atoms with Gasteiger partial charge in [-0.1, -0.05) is 18.2 Å². The van der Waals surface area contributed by atoms with Crippen LogP contribution >= 0.6 is 0 Å². The Kier molecular flexibility index (Phi) is 4.81. The van der Waals surface area contributed by atoms with Gasteiger partial charge < -0.3 is 10.1 Å². The maximum atomic E-state index is 11.9. The van der Waals surface area contributed by atoms with E-state index in [9.17, 15) is 4.79 Å². The Morgan fingerprint density at radius 2 is 2.05 bits per heavy atom. The van der Waals surface area contributed by atoms with Crippen LogP contribution in [0, 0.1) is 19.3 Å². The topological polar surface area (TPSA) is 38.3 Å². The average molecular weight is 275 g/mol. The largest absolute Gasteiger partial charge is 0.384 e. The number of amides is 1. The van der Waals surface area contributed by atoms with Crippen molar-refractivity contribution in [3.63, 3.8) is 0 Å². The minimum absolute atomic E-state index is 0.144. The lowest BCUT2D eigenvalue weighted by Gasteiger charge is -2.14. The molecule has 3 nitrogen and oxygen atoms in total. The Labute approximate surface area is 121 Å². The minimum atomic E-state index is 0.144. The van der Waals surface area contributed by atoms with E-state index in [0.717, 1.165) is 32.4 Å². The third-order valence-electron chi connectivity index (χ3n) is 4.28. The highest BCUT2D eigenvalue weighted by molar-refractivity contribution is 5.76. The van der Waals surface area contributed by atoms with Gasteiger partial charge in [0.25, 0.3) is 0 Å². The third kappa shape index (κ3) is 4.07. The molecule has 1 fully saturated rings. The molecule has 1 aromatic carbocycles. The van der Waals surface area contributed by atoms with Crippen LogP contribution in [-0.2, 0) is 16.0 Å². The normalized spacial score (nSPS) is 15.9. The standard InChI is InChI=1S/C17H25NO2/c1-13-4-5-15(10-14(13)2)6-7-16(19)18-11-17(8-9-17)12-20-3/h4-5,10H,6-9,11-12H2,1-3H3,(H,18,19). The third-order valence-corrected chi connectivity index (χ3v) is 4.28. The minimum Gasteiger partial charge on any atom is -0.384 e. The van der Waals surface area contributed by atoms with E-state index in [0.29, 0.717) is 6.42 Å². The molecule has 2 rings (SSSR count). The second kappa shape index (κ2) is 6.40. The van der Waals surface area contributed by atoms with Crippen LogP contribution in [0.25, 0.3) is 0 Å². The Hall–Kier alpha value is -1.35. The second-order valence-corrected chi connectivity index (χ2v) is 6.13. The van der Waals surface area contributed by atoms with Gasteiger partial charge in [-0.15, -0.1) is 0 Å². The van der Waals surface area contributed by atoms with Crippen LogP contribution in [0.1, 0.15) is 36.0 Å². The summed E-state index contributed by atoms with van der Waals surface area (Å²) >= 11 is 0. The Balaban J connectivity index is 1.73. The number of hydrogen-bond acceptors (Lipinski definition) is 2. The predicted molar refractivity (Wildman–Crippen MR) is 80.8 cm³/mol. The summed E-state index contributed by atoms with van der Waals surface area (Å²) in [5.41, 5.74) is 4.06. The zero-order chi connectivity index (χ0) is 14.6. The van der Waals surface area contributed by atoms with Gasteiger partial charge >= 0.3 is 0 Å². The molecule has 0 bridgehead atoms. The molecule has 1 aliphatic rings. The fraction of sp³-hybridized carbons (Fsp3) is 0.588. The number of benzene rings is 1. The number of carbonyl (C=O) groups excluding carboxylic acids is 1. The van der Waals surface area contributed by atoms with Crippen LogP contribution in [0.5, 0.6) is 0 Å². The first-order valence-electron chi connectivity index (χ1n) is 7.36. The van der Waals surface area contributed by atoms with Gasteiger partial charge in [0.15, 0.2) is 0 Å². The van der Waals surface area contributed by atoms with Crippen molar-refractivity contribution in [2.75, 3.05) is 20.3 Å². The van der Waals surface area contributed by atoms with Crippen molar-refractivity contribution in [2.24, 2.45) is 5.41 Å². The van der Waals surface area contributed by atoms with Crippen molar-refractivity contribution in [1.29, 1.82) is 0 Å². The Morgan fingerprint density at radius 3 is 2.65 bits per heavy atom. The summed E-state index contributed by atoms with van der Waals surface area (Å²) in [6, 6.07) is 6.42. The maximum Gasteiger partial charge on any atom is 0.220 e. The van der Waals surface area contributed by atoms with Gasteiger partial charge in [-0.2, -0.15) is 0 Å². The molecule has 0 saturated heterocycles. The van der Waals surface area contributed by atoms with Gasteiger partial charge in [0.05, 0.1) is 6.61 Å². The van der Waals surface area contributed by atoms with E-state index in [1.165, 1.54) is 16.7 Å². The lowest BCUT2D eigenvalue weighted by atomic mass is 10.0. The predicted octanol–water partition coefficient (Wildman–Crippen LogP) is 2.78. The summed E-state index contributed by atoms with van der Waals surface area (Å²) in [5.74, 6) is 0.144. The zero-order valence-corrected chi connectivity index (χ0v) is 12.8. The molecule has 0 aliphatic heterocycles. The van der Waals surface area contributed by atoms with Crippen LogP contribution < -0.4 is 5.32 Å². The lowest BCUT2D eigenvalue weighted by Crippen LogP contribution is -2.32. The maximum absolute atomic E-state index is 11.9. The van der Waals surface area contributed by atoms with Crippen LogP contribution in [0.3, 0.4) is 0 Å². The highest BCUT2D eigenvalue weighted by Crippen LogP contribution is 2.44. The van der Waals surface area contributed by atoms with E-state index in [1.54, 1.807) is 7.11 Å². The van der Waals surface area contributed by atoms with E-state index in [4.69, 9.17) is 4.74 Å². The highest BCUT2D eigenvalue weighted by Gasteiger charge is 2.42. The summed E-state index contributed by atoms with van der Waals surface area (Å²) in [7, 11) is 1.72. The first-order valence-corrected chi connectivity index (χ1v) is 7.36. The molecule has 0 atom stereocenters. The number of carbonyl (C=O) groups is 1. The number of methoxy groups -OCH3 is 1. The molecule has 0 heterocycles. The summed E-state index contributed by atoms with van der Waals surface area (Å²) in [4.78, 5) is 11.9. The van der Waals surface area contributed by atoms with Crippen molar-refractivity contribution >= 4 is 5.91 Å². The molecule has 0 spiro atoms. The fourth-order valence-electron chi connectivity index (χ4n) is 2.45. The molecule has 0 aromatic heterocycles. The van der Waals surface area contributed by atoms with E-state index in [2.05, 4.69) is 37.4 Å². The molecule has 1 saturated carbocycles. The van der Waals surface area contributed by atoms with Crippen LogP contribution in [-0.4, -0.2) is 26.2 Å². The van der Waals surface area contributed by atoms with Crippen molar-refractivity contribution in [3.05, 3.63) is 34.9 Å². The zero-order valence-electron chi connectivity index (χ0n) is 12.8. The summed E-state index contributed by atoms with van der Waals surface area (Å²) < 4.78 is 5.20. The van der Waals surface area contributed by atoms with E-state index < -0.39 is 0 Å². The van der Waals surface area contributed by atoms with Crippen LogP contribution in [0.2, 0.25) is 0 Å². The van der Waals surface area contributed by atoms with Crippen molar-refractivity contribution in [2.45, 2.75) is 39.5 Å². The molecule has 0 unspecified atom stereocenters. The lowest BCUT2D eigenvalue weighted by molar-refractivity contribution is -0.121. The molecule has 0 radical (unpaired) electrons. The molecule has 1 N–H and O–H groups in total. The van der Waals surface area contributed by atoms with Gasteiger partial charge in [0, 0.05) is 25.5 Å². The van der Waals surface area contributed by atoms with Crippen molar-refractivity contribution < 1.29 is 9.53 Å². The number of aryl methyl sites for hydroxylation is 3. The van der Waals surface area contributed by atoms with E-state index in [1.807, 2.05) is 0 Å². The molecule has 1 aliphatic carbocycles. The average Bonchev–Trinajstić information content (AvgIpc) is 3.18. The van der Waals surface area contributed by atoms with Crippen molar-refractivity contribution in [3.8, 4) is 0 Å². The van der Waals surface area contributed by atoms with E-state index >= 15 is 0 Å². The van der Waals surface area contributed by atoms with Gasteiger partial charge in [-0.3, -0.25) is 4.79 Å². The quantitative estimate of drug-likeness (QED) is 0.831. The fourth-order valence-corrected chi connectivity index (χ4v) is 2.45. The van der Waals surface area contributed by atoms with Gasteiger partial charge in [0.2, 0.25) is 5.91 Å². The highest BCUT2D eigenvalue weighted by atomic mass is 16.5. The first-order chi connectivity index (χ1) is 9.54. The molecule has 1 aromatic rings. The van der Waals surface area contributed by atoms with Crippen molar-refractivity contribution in [1.82, 2.24) is 5.32 Å². The smallest absolute Gasteiger partial charge is 0.220 e. The Morgan fingerprint density at radius 1 is 1.30 bits per heavy atom. The number of nitrogens with one attached hydrogen (secondary N) is 1. The molecular formula is C17H25NO2. The molecule has 110 valence electrons. The monoisotopic (exact) mass is 275 g/mol. The Bertz CT molecular complexity index is 478. The van der Waals surface area contributed by atoms with Gasteiger partial charge in [-0.05, 0) is 49.8 Å². The first kappa shape index (κ1) is 15.0. The van der Waals surface area contributed by atoms with Gasteiger partial charge in [0.1, 0.15) is 0 Å². The molecule has 3 heteroatoms. The van der Waals surface area contributed by atoms with Crippen LogP contribution in [0.4, 0.5) is 0 Å². The van der Waals surface area contributed by atoms with Gasteiger partial charge in [-0.25, -0.2) is 0 Å². The summed E-state index contributed by atoms with van der Waals surface area (Å²) in [6.45, 7) is 5.73. The van der Waals surface area contributed by atoms with Crippen LogP contribution in [0.15, 0.2) is 18.2 Å².